The number of carbonyl (C=O) groups is 1. The molecule has 114 valence electrons. The molecule has 20 heavy (non-hydrogen) atoms. The molecule has 0 aromatic carbocycles. The van der Waals surface area contributed by atoms with Gasteiger partial charge in [-0.1, -0.05) is 12.8 Å². The number of hydrogen-bond donors (Lipinski definition) is 2. The lowest BCUT2D eigenvalue weighted by atomic mass is 9.71. The van der Waals surface area contributed by atoms with E-state index in [0.717, 1.165) is 45.4 Å². The molecule has 2 aliphatic heterocycles. The second kappa shape index (κ2) is 6.00. The first kappa shape index (κ1) is 14.3. The van der Waals surface area contributed by atoms with Crippen LogP contribution in [0.5, 0.6) is 0 Å². The summed E-state index contributed by atoms with van der Waals surface area (Å²) in [4.78, 5) is 14.4. The van der Waals surface area contributed by atoms with Crippen LogP contribution in [0.2, 0.25) is 0 Å². The van der Waals surface area contributed by atoms with Crippen molar-refractivity contribution in [3.63, 3.8) is 0 Å². The number of carbonyl (C=O) groups excluding carboxylic acids is 1. The van der Waals surface area contributed by atoms with Crippen molar-refractivity contribution in [2.24, 2.45) is 5.92 Å². The monoisotopic (exact) mass is 282 g/mol. The molecule has 2 heterocycles. The molecule has 3 fully saturated rings. The Morgan fingerprint density at radius 3 is 3.10 bits per heavy atom. The minimum Gasteiger partial charge on any atom is -0.389 e. The molecular formula is C15H26N2O3. The SMILES string of the molecule is O=C(CC1COCCN1)N1CCC2(O)CCCCC2C1. The molecule has 1 amide bonds. The maximum absolute atomic E-state index is 12.4. The summed E-state index contributed by atoms with van der Waals surface area (Å²) in [6.07, 6.45) is 5.56. The fourth-order valence-electron chi connectivity index (χ4n) is 3.89. The number of ether oxygens (including phenoxy) is 1. The van der Waals surface area contributed by atoms with E-state index >= 15 is 0 Å². The van der Waals surface area contributed by atoms with Crippen molar-refractivity contribution in [1.82, 2.24) is 10.2 Å². The summed E-state index contributed by atoms with van der Waals surface area (Å²) in [5.41, 5.74) is -0.499. The smallest absolute Gasteiger partial charge is 0.224 e. The molecule has 2 saturated heterocycles. The second-order valence-electron chi connectivity index (χ2n) is 6.57. The van der Waals surface area contributed by atoms with Gasteiger partial charge in [-0.2, -0.15) is 0 Å². The molecule has 0 aromatic heterocycles. The Morgan fingerprint density at radius 2 is 2.30 bits per heavy atom. The number of piperidine rings is 1. The summed E-state index contributed by atoms with van der Waals surface area (Å²) in [7, 11) is 0. The molecule has 0 bridgehead atoms. The van der Waals surface area contributed by atoms with Crippen LogP contribution in [-0.2, 0) is 9.53 Å². The van der Waals surface area contributed by atoms with Gasteiger partial charge in [0.1, 0.15) is 0 Å². The summed E-state index contributed by atoms with van der Waals surface area (Å²) < 4.78 is 5.40. The number of morpholine rings is 1. The molecule has 3 atom stereocenters. The van der Waals surface area contributed by atoms with Crippen LogP contribution in [0.1, 0.15) is 38.5 Å². The zero-order valence-corrected chi connectivity index (χ0v) is 12.1. The number of hydrogen-bond acceptors (Lipinski definition) is 4. The van der Waals surface area contributed by atoms with Gasteiger partial charge in [0.05, 0.1) is 18.8 Å². The summed E-state index contributed by atoms with van der Waals surface area (Å²) in [5.74, 6) is 0.491. The van der Waals surface area contributed by atoms with E-state index in [9.17, 15) is 9.90 Å². The highest BCUT2D eigenvalue weighted by Crippen LogP contribution is 2.39. The number of likely N-dealkylation sites (tertiary alicyclic amines) is 1. The van der Waals surface area contributed by atoms with Crippen molar-refractivity contribution < 1.29 is 14.6 Å². The number of nitrogens with one attached hydrogen (secondary N) is 1. The molecule has 2 N–H and O–H groups in total. The van der Waals surface area contributed by atoms with Crippen LogP contribution in [0.4, 0.5) is 0 Å². The Kier molecular flexibility index (Phi) is 4.29. The van der Waals surface area contributed by atoms with Crippen molar-refractivity contribution in [2.45, 2.75) is 50.2 Å². The molecule has 1 saturated carbocycles. The van der Waals surface area contributed by atoms with Crippen LogP contribution < -0.4 is 5.32 Å². The molecule has 1 aliphatic carbocycles. The molecular weight excluding hydrogens is 256 g/mol. The second-order valence-corrected chi connectivity index (χ2v) is 6.57. The van der Waals surface area contributed by atoms with Gasteiger partial charge in [0.2, 0.25) is 5.91 Å². The topological polar surface area (TPSA) is 61.8 Å². The van der Waals surface area contributed by atoms with Gasteiger partial charge in [0, 0.05) is 38.0 Å². The minimum absolute atomic E-state index is 0.156. The first-order valence-electron chi connectivity index (χ1n) is 7.99. The van der Waals surface area contributed by atoms with Crippen molar-refractivity contribution in [2.75, 3.05) is 32.8 Å². The zero-order valence-electron chi connectivity index (χ0n) is 12.1. The van der Waals surface area contributed by atoms with E-state index in [2.05, 4.69) is 5.32 Å². The van der Waals surface area contributed by atoms with Crippen molar-refractivity contribution in [3.8, 4) is 0 Å². The van der Waals surface area contributed by atoms with E-state index in [0.29, 0.717) is 19.6 Å². The Morgan fingerprint density at radius 1 is 1.40 bits per heavy atom. The normalized spacial score (nSPS) is 38.4. The van der Waals surface area contributed by atoms with Crippen LogP contribution in [0, 0.1) is 5.92 Å². The maximum atomic E-state index is 12.4. The lowest BCUT2D eigenvalue weighted by Gasteiger charge is -2.47. The van der Waals surface area contributed by atoms with Crippen molar-refractivity contribution in [1.29, 1.82) is 0 Å². The van der Waals surface area contributed by atoms with Crippen molar-refractivity contribution in [3.05, 3.63) is 0 Å². The molecule has 3 unspecified atom stereocenters. The van der Waals surface area contributed by atoms with E-state index in [1.807, 2.05) is 4.90 Å². The first-order valence-corrected chi connectivity index (χ1v) is 7.99. The van der Waals surface area contributed by atoms with Gasteiger partial charge < -0.3 is 20.1 Å². The average Bonchev–Trinajstić information content (AvgIpc) is 2.47. The summed E-state index contributed by atoms with van der Waals surface area (Å²) >= 11 is 0. The van der Waals surface area contributed by atoms with Crippen LogP contribution in [0.15, 0.2) is 0 Å². The van der Waals surface area contributed by atoms with E-state index in [1.165, 1.54) is 6.42 Å². The Hall–Kier alpha value is -0.650. The summed E-state index contributed by atoms with van der Waals surface area (Å²) in [6.45, 7) is 3.65. The predicted octanol–water partition coefficient (Wildman–Crippen LogP) is 0.518. The number of fused-ring (bicyclic) bond motifs is 1. The van der Waals surface area contributed by atoms with Gasteiger partial charge in [-0.25, -0.2) is 0 Å². The largest absolute Gasteiger partial charge is 0.389 e. The molecule has 3 rings (SSSR count). The number of aliphatic hydroxyl groups is 1. The third kappa shape index (κ3) is 3.00. The van der Waals surface area contributed by atoms with E-state index in [4.69, 9.17) is 4.74 Å². The Balaban J connectivity index is 1.54. The van der Waals surface area contributed by atoms with E-state index in [1.54, 1.807) is 0 Å². The fourth-order valence-corrected chi connectivity index (χ4v) is 3.89. The summed E-state index contributed by atoms with van der Waals surface area (Å²) in [6, 6.07) is 0.156. The average molecular weight is 282 g/mol. The third-order valence-corrected chi connectivity index (χ3v) is 5.20. The van der Waals surface area contributed by atoms with Gasteiger partial charge in [0.25, 0.3) is 0 Å². The standard InChI is InChI=1S/C15H26N2O3/c18-14(9-13-11-20-8-6-16-13)17-7-5-15(19)4-2-1-3-12(15)10-17/h12-13,16,19H,1-11H2. The minimum atomic E-state index is -0.499. The molecule has 0 aromatic rings. The number of amides is 1. The van der Waals surface area contributed by atoms with E-state index < -0.39 is 5.60 Å². The molecule has 0 radical (unpaired) electrons. The lowest BCUT2D eigenvalue weighted by molar-refractivity contribution is -0.144. The Labute approximate surface area is 120 Å². The van der Waals surface area contributed by atoms with Crippen LogP contribution >= 0.6 is 0 Å². The van der Waals surface area contributed by atoms with Gasteiger partial charge in [-0.05, 0) is 19.3 Å². The summed E-state index contributed by atoms with van der Waals surface area (Å²) in [5, 5.41) is 14.0. The van der Waals surface area contributed by atoms with Crippen LogP contribution in [0.3, 0.4) is 0 Å². The number of rotatable bonds is 2. The highest BCUT2D eigenvalue weighted by molar-refractivity contribution is 5.77. The van der Waals surface area contributed by atoms with Gasteiger partial charge in [-0.3, -0.25) is 4.79 Å². The lowest BCUT2D eigenvalue weighted by Crippen LogP contribution is -2.55. The van der Waals surface area contributed by atoms with E-state index in [-0.39, 0.29) is 17.9 Å². The quantitative estimate of drug-likeness (QED) is 0.775. The van der Waals surface area contributed by atoms with Crippen molar-refractivity contribution >= 4 is 5.91 Å². The highest BCUT2D eigenvalue weighted by atomic mass is 16.5. The molecule has 5 heteroatoms. The van der Waals surface area contributed by atoms with Crippen LogP contribution in [0.25, 0.3) is 0 Å². The molecule has 3 aliphatic rings. The van der Waals surface area contributed by atoms with Gasteiger partial charge >= 0.3 is 0 Å². The van der Waals surface area contributed by atoms with Gasteiger partial charge in [0.15, 0.2) is 0 Å². The Bertz CT molecular complexity index is 357. The maximum Gasteiger partial charge on any atom is 0.224 e. The first-order chi connectivity index (χ1) is 9.67. The predicted molar refractivity (Wildman–Crippen MR) is 75.3 cm³/mol. The van der Waals surface area contributed by atoms with Gasteiger partial charge in [-0.15, -0.1) is 0 Å². The zero-order chi connectivity index (χ0) is 14.0. The third-order valence-electron chi connectivity index (χ3n) is 5.20. The number of nitrogens with zero attached hydrogens (tertiary/aromatic N) is 1. The highest BCUT2D eigenvalue weighted by Gasteiger charge is 2.43. The fraction of sp³-hybridized carbons (Fsp3) is 0.933. The van der Waals surface area contributed by atoms with Crippen LogP contribution in [-0.4, -0.2) is 60.4 Å². The molecule has 5 nitrogen and oxygen atoms in total. The molecule has 0 spiro atoms.